The zero-order valence-electron chi connectivity index (χ0n) is 15.9. The second-order valence-corrected chi connectivity index (χ2v) is 7.00. The molecule has 7 heteroatoms. The third-order valence-electron chi connectivity index (χ3n) is 4.43. The summed E-state index contributed by atoms with van der Waals surface area (Å²) in [5, 5.41) is 5.80. The molecular formula is C20H23N3O3S. The number of aromatic nitrogens is 2. The Labute approximate surface area is 162 Å². The molecule has 0 spiro atoms. The standard InChI is InChI=1S/C20H23N3O3S/c1-13-11-16(14(2)23(13)20-22-9-10-27-20)19(24)21-8-7-15-5-6-17(25-3)18(12-15)26-4/h5-6,9-12H,7-8H2,1-4H3,(H,21,24). The van der Waals surface area contributed by atoms with E-state index in [1.807, 2.05) is 48.1 Å². The number of thiazole rings is 1. The van der Waals surface area contributed by atoms with Gasteiger partial charge in [0.05, 0.1) is 19.8 Å². The monoisotopic (exact) mass is 385 g/mol. The predicted octanol–water partition coefficient (Wildman–Crippen LogP) is 3.54. The van der Waals surface area contributed by atoms with Crippen molar-refractivity contribution in [3.8, 4) is 16.6 Å². The number of amides is 1. The van der Waals surface area contributed by atoms with Crippen LogP contribution in [-0.2, 0) is 6.42 Å². The Bertz CT molecular complexity index is 932. The summed E-state index contributed by atoms with van der Waals surface area (Å²) in [6.45, 7) is 4.46. The van der Waals surface area contributed by atoms with Gasteiger partial charge in [-0.1, -0.05) is 6.07 Å². The number of benzene rings is 1. The number of carbonyl (C=O) groups excluding carboxylic acids is 1. The lowest BCUT2D eigenvalue weighted by atomic mass is 10.1. The highest BCUT2D eigenvalue weighted by atomic mass is 32.1. The second kappa shape index (κ2) is 8.26. The van der Waals surface area contributed by atoms with Gasteiger partial charge in [0.15, 0.2) is 16.6 Å². The number of hydrogen-bond acceptors (Lipinski definition) is 5. The summed E-state index contributed by atoms with van der Waals surface area (Å²) < 4.78 is 12.6. The van der Waals surface area contributed by atoms with Gasteiger partial charge in [-0.3, -0.25) is 9.36 Å². The van der Waals surface area contributed by atoms with Gasteiger partial charge in [0, 0.05) is 29.5 Å². The Kier molecular flexibility index (Phi) is 5.81. The Morgan fingerprint density at radius 3 is 2.63 bits per heavy atom. The summed E-state index contributed by atoms with van der Waals surface area (Å²) in [7, 11) is 3.22. The van der Waals surface area contributed by atoms with Gasteiger partial charge in [0.25, 0.3) is 5.91 Å². The molecule has 0 saturated heterocycles. The molecule has 1 N–H and O–H groups in total. The lowest BCUT2D eigenvalue weighted by molar-refractivity contribution is 0.0953. The van der Waals surface area contributed by atoms with Crippen LogP contribution >= 0.6 is 11.3 Å². The number of ether oxygens (including phenoxy) is 2. The molecule has 0 bridgehead atoms. The van der Waals surface area contributed by atoms with Crippen molar-refractivity contribution in [2.45, 2.75) is 20.3 Å². The minimum atomic E-state index is -0.0774. The third kappa shape index (κ3) is 3.98. The topological polar surface area (TPSA) is 65.4 Å². The first-order valence-corrected chi connectivity index (χ1v) is 9.51. The molecular weight excluding hydrogens is 362 g/mol. The summed E-state index contributed by atoms with van der Waals surface area (Å²) in [6, 6.07) is 7.68. The molecule has 1 amide bonds. The number of aryl methyl sites for hydroxylation is 1. The molecule has 0 fully saturated rings. The molecule has 0 atom stereocenters. The van der Waals surface area contributed by atoms with Gasteiger partial charge in [0.1, 0.15) is 0 Å². The zero-order valence-corrected chi connectivity index (χ0v) is 16.7. The predicted molar refractivity (Wildman–Crippen MR) is 106 cm³/mol. The molecule has 1 aromatic carbocycles. The van der Waals surface area contributed by atoms with E-state index in [4.69, 9.17) is 9.47 Å². The van der Waals surface area contributed by atoms with Crippen LogP contribution in [0.5, 0.6) is 11.5 Å². The van der Waals surface area contributed by atoms with Gasteiger partial charge >= 0.3 is 0 Å². The normalized spacial score (nSPS) is 10.7. The van der Waals surface area contributed by atoms with E-state index >= 15 is 0 Å². The number of nitrogens with one attached hydrogen (secondary N) is 1. The molecule has 0 aliphatic heterocycles. The largest absolute Gasteiger partial charge is 0.493 e. The molecule has 27 heavy (non-hydrogen) atoms. The highest BCUT2D eigenvalue weighted by Crippen LogP contribution is 2.27. The summed E-state index contributed by atoms with van der Waals surface area (Å²) in [6.07, 6.45) is 2.47. The highest BCUT2D eigenvalue weighted by Gasteiger charge is 2.17. The fraction of sp³-hybridized carbons (Fsp3) is 0.300. The average molecular weight is 385 g/mol. The molecule has 0 radical (unpaired) electrons. The SMILES string of the molecule is COc1ccc(CCNC(=O)c2cc(C)n(-c3nccs3)c2C)cc1OC. The van der Waals surface area contributed by atoms with Gasteiger partial charge < -0.3 is 14.8 Å². The van der Waals surface area contributed by atoms with Crippen molar-refractivity contribution in [3.05, 3.63) is 58.4 Å². The Hall–Kier alpha value is -2.80. The van der Waals surface area contributed by atoms with Crippen LogP contribution in [0.4, 0.5) is 0 Å². The van der Waals surface area contributed by atoms with Crippen LogP contribution in [0.1, 0.15) is 27.3 Å². The van der Waals surface area contributed by atoms with Crippen LogP contribution < -0.4 is 14.8 Å². The van der Waals surface area contributed by atoms with E-state index in [0.717, 1.165) is 22.1 Å². The molecule has 3 aromatic rings. The van der Waals surface area contributed by atoms with Crippen LogP contribution in [-0.4, -0.2) is 36.2 Å². The summed E-state index contributed by atoms with van der Waals surface area (Å²) in [5.74, 6) is 1.31. The number of hydrogen-bond donors (Lipinski definition) is 1. The zero-order chi connectivity index (χ0) is 19.4. The molecule has 0 saturated carbocycles. The molecule has 142 valence electrons. The van der Waals surface area contributed by atoms with Gasteiger partial charge in [-0.05, 0) is 44.0 Å². The van der Waals surface area contributed by atoms with Crippen molar-refractivity contribution in [3.63, 3.8) is 0 Å². The minimum Gasteiger partial charge on any atom is -0.493 e. The van der Waals surface area contributed by atoms with Crippen molar-refractivity contribution in [1.82, 2.24) is 14.9 Å². The Morgan fingerprint density at radius 1 is 1.19 bits per heavy atom. The number of carbonyl (C=O) groups is 1. The maximum Gasteiger partial charge on any atom is 0.253 e. The first-order chi connectivity index (χ1) is 13.0. The summed E-state index contributed by atoms with van der Waals surface area (Å²) in [5.41, 5.74) is 3.63. The molecule has 0 unspecified atom stereocenters. The average Bonchev–Trinajstić information content (AvgIpc) is 3.29. The summed E-state index contributed by atoms with van der Waals surface area (Å²) >= 11 is 1.55. The smallest absolute Gasteiger partial charge is 0.253 e. The number of methoxy groups -OCH3 is 2. The van der Waals surface area contributed by atoms with Crippen LogP contribution in [0.2, 0.25) is 0 Å². The second-order valence-electron chi connectivity index (χ2n) is 6.13. The highest BCUT2D eigenvalue weighted by molar-refractivity contribution is 7.12. The third-order valence-corrected chi connectivity index (χ3v) is 5.19. The van der Waals surface area contributed by atoms with Crippen LogP contribution in [0.15, 0.2) is 35.8 Å². The van der Waals surface area contributed by atoms with Crippen LogP contribution in [0.25, 0.3) is 5.13 Å². The Morgan fingerprint density at radius 2 is 1.96 bits per heavy atom. The van der Waals surface area contributed by atoms with Crippen molar-refractivity contribution in [2.24, 2.45) is 0 Å². The molecule has 2 heterocycles. The lowest BCUT2D eigenvalue weighted by Crippen LogP contribution is -2.26. The van der Waals surface area contributed by atoms with Crippen molar-refractivity contribution < 1.29 is 14.3 Å². The molecule has 3 rings (SSSR count). The van der Waals surface area contributed by atoms with Gasteiger partial charge in [-0.25, -0.2) is 4.98 Å². The van der Waals surface area contributed by atoms with Crippen molar-refractivity contribution in [2.75, 3.05) is 20.8 Å². The van der Waals surface area contributed by atoms with Gasteiger partial charge in [-0.15, -0.1) is 11.3 Å². The lowest BCUT2D eigenvalue weighted by Gasteiger charge is -2.10. The van der Waals surface area contributed by atoms with E-state index in [2.05, 4.69) is 10.3 Å². The van der Waals surface area contributed by atoms with E-state index in [0.29, 0.717) is 30.0 Å². The quantitative estimate of drug-likeness (QED) is 0.676. The maximum absolute atomic E-state index is 12.6. The van der Waals surface area contributed by atoms with Crippen LogP contribution in [0.3, 0.4) is 0 Å². The number of rotatable bonds is 7. The fourth-order valence-corrected chi connectivity index (χ4v) is 3.82. The fourth-order valence-electron chi connectivity index (χ4n) is 3.07. The Balaban J connectivity index is 1.66. The van der Waals surface area contributed by atoms with Crippen molar-refractivity contribution in [1.29, 1.82) is 0 Å². The van der Waals surface area contributed by atoms with Crippen molar-refractivity contribution >= 4 is 17.2 Å². The minimum absolute atomic E-state index is 0.0774. The van der Waals surface area contributed by atoms with E-state index < -0.39 is 0 Å². The van der Waals surface area contributed by atoms with E-state index in [9.17, 15) is 4.79 Å². The molecule has 0 aliphatic carbocycles. The molecule has 2 aromatic heterocycles. The van der Waals surface area contributed by atoms with E-state index in [-0.39, 0.29) is 5.91 Å². The van der Waals surface area contributed by atoms with Gasteiger partial charge in [-0.2, -0.15) is 0 Å². The van der Waals surface area contributed by atoms with Gasteiger partial charge in [0.2, 0.25) is 0 Å². The first kappa shape index (κ1) is 19.0. The molecule has 6 nitrogen and oxygen atoms in total. The first-order valence-electron chi connectivity index (χ1n) is 8.63. The number of nitrogens with zero attached hydrogens (tertiary/aromatic N) is 2. The molecule has 0 aliphatic rings. The summed E-state index contributed by atoms with van der Waals surface area (Å²) in [4.78, 5) is 17.0. The maximum atomic E-state index is 12.6. The van der Waals surface area contributed by atoms with E-state index in [1.54, 1.807) is 31.8 Å². The van der Waals surface area contributed by atoms with E-state index in [1.165, 1.54) is 0 Å². The van der Waals surface area contributed by atoms with Crippen LogP contribution in [0, 0.1) is 13.8 Å².